The topological polar surface area (TPSA) is 46.3 Å². The molecule has 0 spiro atoms. The fraction of sp³-hybridized carbons (Fsp3) is 0.950. The van der Waals surface area contributed by atoms with Gasteiger partial charge in [0, 0.05) is 6.42 Å². The van der Waals surface area contributed by atoms with Gasteiger partial charge in [0.05, 0.1) is 0 Å². The van der Waals surface area contributed by atoms with Crippen molar-refractivity contribution in [2.75, 3.05) is 20.6 Å². The first-order valence-electron chi connectivity index (χ1n) is 9.97. The number of carbonyl (C=O) groups excluding carboxylic acids is 1. The van der Waals surface area contributed by atoms with Crippen LogP contribution in [0.3, 0.4) is 0 Å². The highest BCUT2D eigenvalue weighted by Crippen LogP contribution is 2.12. The second-order valence-corrected chi connectivity index (χ2v) is 6.85. The van der Waals surface area contributed by atoms with Crippen molar-refractivity contribution in [2.45, 2.75) is 104 Å². The van der Waals surface area contributed by atoms with Crippen LogP contribution in [0.1, 0.15) is 104 Å². The second kappa shape index (κ2) is 21.4. The fourth-order valence-electron chi connectivity index (χ4n) is 2.32. The summed E-state index contributed by atoms with van der Waals surface area (Å²) in [6, 6.07) is 0. The largest absolute Gasteiger partial charge is 0.370 e. The summed E-state index contributed by atoms with van der Waals surface area (Å²) in [5, 5.41) is 0. The van der Waals surface area contributed by atoms with Gasteiger partial charge in [-0.3, -0.25) is 4.79 Å². The molecule has 0 aliphatic heterocycles. The zero-order valence-electron chi connectivity index (χ0n) is 16.5. The highest BCUT2D eigenvalue weighted by atomic mass is 16.1. The molecule has 0 heterocycles. The minimum absolute atomic E-state index is 0.155. The van der Waals surface area contributed by atoms with E-state index in [9.17, 15) is 4.79 Å². The molecule has 0 aromatic rings. The summed E-state index contributed by atoms with van der Waals surface area (Å²) in [6.07, 6.45) is 17.9. The highest BCUT2D eigenvalue weighted by molar-refractivity contribution is 5.73. The molecule has 2 N–H and O–H groups in total. The molecule has 3 nitrogen and oxygen atoms in total. The Kier molecular flexibility index (Phi) is 23.0. The number of hydrogen-bond acceptors (Lipinski definition) is 2. The van der Waals surface area contributed by atoms with Crippen molar-refractivity contribution in [3.05, 3.63) is 0 Å². The second-order valence-electron chi connectivity index (χ2n) is 6.85. The van der Waals surface area contributed by atoms with Crippen LogP contribution in [0.15, 0.2) is 0 Å². The molecular formula is C20H44N2O. The van der Waals surface area contributed by atoms with Gasteiger partial charge in [-0.25, -0.2) is 0 Å². The number of carbonyl (C=O) groups is 1. The van der Waals surface area contributed by atoms with Gasteiger partial charge >= 0.3 is 0 Å². The number of primary amides is 1. The third-order valence-electron chi connectivity index (χ3n) is 4.16. The third-order valence-corrected chi connectivity index (χ3v) is 4.16. The van der Waals surface area contributed by atoms with E-state index in [4.69, 9.17) is 5.73 Å². The lowest BCUT2D eigenvalue weighted by atomic mass is 10.0. The Hall–Kier alpha value is -0.570. The van der Waals surface area contributed by atoms with Crippen LogP contribution in [0.2, 0.25) is 0 Å². The van der Waals surface area contributed by atoms with E-state index in [1.54, 1.807) is 0 Å². The first kappa shape index (κ1) is 24.7. The van der Waals surface area contributed by atoms with E-state index in [-0.39, 0.29) is 5.91 Å². The van der Waals surface area contributed by atoms with Crippen molar-refractivity contribution in [1.82, 2.24) is 4.90 Å². The number of rotatable bonds is 15. The lowest BCUT2D eigenvalue weighted by molar-refractivity contribution is -0.118. The first-order valence-corrected chi connectivity index (χ1v) is 9.97. The third kappa shape index (κ3) is 30.0. The van der Waals surface area contributed by atoms with Crippen LogP contribution in [0.5, 0.6) is 0 Å². The van der Waals surface area contributed by atoms with E-state index in [0.29, 0.717) is 6.42 Å². The van der Waals surface area contributed by atoms with Crippen molar-refractivity contribution in [1.29, 1.82) is 0 Å². The summed E-state index contributed by atoms with van der Waals surface area (Å²) < 4.78 is 0. The lowest BCUT2D eigenvalue weighted by Crippen LogP contribution is -2.09. The minimum Gasteiger partial charge on any atom is -0.370 e. The van der Waals surface area contributed by atoms with Crippen LogP contribution in [0.4, 0.5) is 0 Å². The molecule has 0 saturated heterocycles. The zero-order valence-corrected chi connectivity index (χ0v) is 16.5. The highest BCUT2D eigenvalue weighted by Gasteiger charge is 1.95. The van der Waals surface area contributed by atoms with Crippen LogP contribution in [-0.4, -0.2) is 31.4 Å². The van der Waals surface area contributed by atoms with Gasteiger partial charge < -0.3 is 10.6 Å². The van der Waals surface area contributed by atoms with E-state index in [2.05, 4.69) is 32.8 Å². The molecule has 0 fully saturated rings. The molecule has 0 unspecified atom stereocenters. The Morgan fingerprint density at radius 2 is 1.00 bits per heavy atom. The molecule has 1 amide bonds. The van der Waals surface area contributed by atoms with Gasteiger partial charge in [0.1, 0.15) is 0 Å². The standard InChI is InChI=1S/C16H33NO.C4H11N/c1-2-3-4-5-6-7-8-9-10-11-12-13-14-15-16(17)18;1-4-5(2)3/h2-15H2,1H3,(H2,17,18);4H2,1-3H3. The van der Waals surface area contributed by atoms with Gasteiger partial charge in [-0.2, -0.15) is 0 Å². The maximum Gasteiger partial charge on any atom is 0.217 e. The smallest absolute Gasteiger partial charge is 0.217 e. The predicted octanol–water partition coefficient (Wildman–Crippen LogP) is 5.52. The summed E-state index contributed by atoms with van der Waals surface area (Å²) in [5.41, 5.74) is 5.09. The molecule has 0 radical (unpaired) electrons. The maximum atomic E-state index is 10.5. The Bertz CT molecular complexity index is 230. The van der Waals surface area contributed by atoms with E-state index in [1.165, 1.54) is 77.0 Å². The van der Waals surface area contributed by atoms with Gasteiger partial charge in [-0.1, -0.05) is 90.9 Å². The molecule has 0 bridgehead atoms. The molecular weight excluding hydrogens is 284 g/mol. The summed E-state index contributed by atoms with van der Waals surface area (Å²) >= 11 is 0. The Balaban J connectivity index is 0. The molecule has 140 valence electrons. The van der Waals surface area contributed by atoms with E-state index >= 15 is 0 Å². The Morgan fingerprint density at radius 1 is 0.696 bits per heavy atom. The first-order chi connectivity index (χ1) is 11.0. The van der Waals surface area contributed by atoms with Crippen molar-refractivity contribution in [2.24, 2.45) is 5.73 Å². The molecule has 0 rings (SSSR count). The normalized spacial score (nSPS) is 10.5. The number of nitrogens with zero attached hydrogens (tertiary/aromatic N) is 1. The number of amides is 1. The summed E-state index contributed by atoms with van der Waals surface area (Å²) in [7, 11) is 4.11. The van der Waals surface area contributed by atoms with Crippen molar-refractivity contribution in [3.63, 3.8) is 0 Å². The quantitative estimate of drug-likeness (QED) is 0.402. The van der Waals surface area contributed by atoms with E-state index < -0.39 is 0 Å². The predicted molar refractivity (Wildman–Crippen MR) is 104 cm³/mol. The van der Waals surface area contributed by atoms with Gasteiger partial charge in [0.15, 0.2) is 0 Å². The number of hydrogen-bond donors (Lipinski definition) is 1. The average Bonchev–Trinajstić information content (AvgIpc) is 2.52. The molecule has 23 heavy (non-hydrogen) atoms. The summed E-state index contributed by atoms with van der Waals surface area (Å²) in [5.74, 6) is -0.155. The van der Waals surface area contributed by atoms with Crippen LogP contribution in [0, 0.1) is 0 Å². The Morgan fingerprint density at radius 3 is 1.26 bits per heavy atom. The van der Waals surface area contributed by atoms with Crippen LogP contribution >= 0.6 is 0 Å². The summed E-state index contributed by atoms with van der Waals surface area (Å²) in [6.45, 7) is 5.53. The van der Waals surface area contributed by atoms with Gasteiger partial charge in [0.25, 0.3) is 0 Å². The molecule has 0 aliphatic carbocycles. The number of nitrogens with two attached hydrogens (primary N) is 1. The van der Waals surface area contributed by atoms with Gasteiger partial charge in [-0.15, -0.1) is 0 Å². The Labute approximate surface area is 146 Å². The van der Waals surface area contributed by atoms with E-state index in [1.807, 2.05) is 0 Å². The van der Waals surface area contributed by atoms with Gasteiger partial charge in [0.2, 0.25) is 5.91 Å². The molecule has 0 aliphatic rings. The summed E-state index contributed by atoms with van der Waals surface area (Å²) in [4.78, 5) is 12.6. The van der Waals surface area contributed by atoms with Crippen molar-refractivity contribution in [3.8, 4) is 0 Å². The molecule has 0 aromatic heterocycles. The van der Waals surface area contributed by atoms with Crippen LogP contribution in [0.25, 0.3) is 0 Å². The van der Waals surface area contributed by atoms with E-state index in [0.717, 1.165) is 13.0 Å². The monoisotopic (exact) mass is 328 g/mol. The van der Waals surface area contributed by atoms with Gasteiger partial charge in [-0.05, 0) is 27.1 Å². The average molecular weight is 329 g/mol. The molecule has 0 atom stereocenters. The van der Waals surface area contributed by atoms with Crippen LogP contribution < -0.4 is 5.73 Å². The number of unbranched alkanes of at least 4 members (excludes halogenated alkanes) is 12. The van der Waals surface area contributed by atoms with Crippen molar-refractivity contribution < 1.29 is 4.79 Å². The minimum atomic E-state index is -0.155. The fourth-order valence-corrected chi connectivity index (χ4v) is 2.32. The molecule has 3 heteroatoms. The maximum absolute atomic E-state index is 10.5. The lowest BCUT2D eigenvalue weighted by Gasteiger charge is -2.02. The zero-order chi connectivity index (χ0) is 17.8. The molecule has 0 aromatic carbocycles. The van der Waals surface area contributed by atoms with Crippen LogP contribution in [-0.2, 0) is 4.79 Å². The molecule has 0 saturated carbocycles. The SMILES string of the molecule is CCCCCCCCCCCCCCCC(N)=O.CCN(C)C. The van der Waals surface area contributed by atoms with Crippen molar-refractivity contribution >= 4 is 5.91 Å².